The van der Waals surface area contributed by atoms with Gasteiger partial charge in [0, 0.05) is 0 Å². The summed E-state index contributed by atoms with van der Waals surface area (Å²) in [6.07, 6.45) is 2.12. The number of hydrogen-bond donors (Lipinski definition) is 1. The Morgan fingerprint density at radius 1 is 1.18 bits per heavy atom. The van der Waals surface area contributed by atoms with Gasteiger partial charge in [-0.25, -0.2) is 4.39 Å². The first-order chi connectivity index (χ1) is 7.79. The quantitative estimate of drug-likeness (QED) is 0.756. The molecule has 17 heavy (non-hydrogen) atoms. The Hall–Kier alpha value is -0.640. The van der Waals surface area contributed by atoms with Crippen LogP contribution in [0, 0.1) is 5.41 Å². The van der Waals surface area contributed by atoms with Crippen LogP contribution in [0.5, 0.6) is 0 Å². The van der Waals surface area contributed by atoms with E-state index in [2.05, 4.69) is 5.32 Å². The fourth-order valence-corrected chi connectivity index (χ4v) is 2.64. The van der Waals surface area contributed by atoms with E-state index in [0.29, 0.717) is 38.8 Å². The third-order valence-electron chi connectivity index (χ3n) is 3.79. The number of ether oxygens (including phenoxy) is 1. The lowest BCUT2D eigenvalue weighted by molar-refractivity contribution is -0.170. The topological polar surface area (TPSA) is 38.3 Å². The van der Waals surface area contributed by atoms with Crippen LogP contribution >= 0.6 is 0 Å². The van der Waals surface area contributed by atoms with Crippen LogP contribution in [0.15, 0.2) is 0 Å². The lowest BCUT2D eigenvalue weighted by atomic mass is 9.78. The van der Waals surface area contributed by atoms with Crippen LogP contribution in [0.2, 0.25) is 0 Å². The van der Waals surface area contributed by atoms with Crippen LogP contribution in [0.4, 0.5) is 4.39 Å². The van der Waals surface area contributed by atoms with Gasteiger partial charge >= 0.3 is 5.97 Å². The Morgan fingerprint density at radius 3 is 2.12 bits per heavy atom. The number of rotatable bonds is 2. The van der Waals surface area contributed by atoms with Crippen LogP contribution in [-0.4, -0.2) is 30.3 Å². The Morgan fingerprint density at radius 2 is 1.71 bits per heavy atom. The van der Waals surface area contributed by atoms with E-state index in [4.69, 9.17) is 4.74 Å². The van der Waals surface area contributed by atoms with Crippen molar-refractivity contribution in [2.75, 3.05) is 13.1 Å². The molecule has 0 aromatic carbocycles. The zero-order valence-corrected chi connectivity index (χ0v) is 10.9. The van der Waals surface area contributed by atoms with Gasteiger partial charge in [0.1, 0.15) is 16.7 Å². The number of hydrogen-bond acceptors (Lipinski definition) is 3. The van der Waals surface area contributed by atoms with Gasteiger partial charge in [-0.05, 0) is 59.5 Å². The number of piperidine rings is 1. The molecule has 1 aliphatic carbocycles. The van der Waals surface area contributed by atoms with Gasteiger partial charge in [0.25, 0.3) is 0 Å². The number of nitrogens with one attached hydrogen (secondary N) is 1. The van der Waals surface area contributed by atoms with Crippen molar-refractivity contribution < 1.29 is 13.9 Å². The van der Waals surface area contributed by atoms with Crippen LogP contribution < -0.4 is 5.32 Å². The molecule has 0 atom stereocenters. The number of halogens is 1. The molecule has 0 amide bonds. The Bertz CT molecular complexity index is 312. The van der Waals surface area contributed by atoms with Gasteiger partial charge in [0.15, 0.2) is 0 Å². The minimum absolute atomic E-state index is 0.339. The number of carbonyl (C=O) groups excluding carboxylic acids is 1. The highest BCUT2D eigenvalue weighted by Crippen LogP contribution is 2.60. The Balaban J connectivity index is 2.10. The van der Waals surface area contributed by atoms with Gasteiger partial charge in [-0.1, -0.05) is 0 Å². The second-order valence-corrected chi connectivity index (χ2v) is 6.30. The standard InChI is InChI=1S/C13H22FNO2/c1-11(2,3)17-10(16)12(4-5-12)13(14)6-8-15-9-7-13/h15H,4-9H2,1-3H3. The number of esters is 1. The van der Waals surface area contributed by atoms with Gasteiger partial charge in [0.05, 0.1) is 0 Å². The second-order valence-electron chi connectivity index (χ2n) is 6.30. The van der Waals surface area contributed by atoms with Crippen molar-refractivity contribution >= 4 is 5.97 Å². The van der Waals surface area contributed by atoms with Crippen molar-refractivity contribution in [3.8, 4) is 0 Å². The molecular formula is C13H22FNO2. The predicted molar refractivity (Wildman–Crippen MR) is 63.5 cm³/mol. The highest BCUT2D eigenvalue weighted by Gasteiger charge is 2.66. The molecule has 0 unspecified atom stereocenters. The average Bonchev–Trinajstić information content (AvgIpc) is 2.96. The minimum atomic E-state index is -1.36. The van der Waals surface area contributed by atoms with Crippen molar-refractivity contribution in [1.82, 2.24) is 5.32 Å². The summed E-state index contributed by atoms with van der Waals surface area (Å²) in [5.41, 5.74) is -2.74. The molecule has 0 aromatic heterocycles. The van der Waals surface area contributed by atoms with Crippen molar-refractivity contribution in [3.63, 3.8) is 0 Å². The molecule has 1 saturated carbocycles. The highest BCUT2D eigenvalue weighted by atomic mass is 19.1. The van der Waals surface area contributed by atoms with Crippen molar-refractivity contribution in [2.24, 2.45) is 5.41 Å². The second kappa shape index (κ2) is 3.94. The van der Waals surface area contributed by atoms with Crippen molar-refractivity contribution in [3.05, 3.63) is 0 Å². The van der Waals surface area contributed by atoms with Gasteiger partial charge in [-0.15, -0.1) is 0 Å². The molecule has 1 saturated heterocycles. The minimum Gasteiger partial charge on any atom is -0.459 e. The summed E-state index contributed by atoms with van der Waals surface area (Å²) in [6, 6.07) is 0. The van der Waals surface area contributed by atoms with E-state index in [1.165, 1.54) is 0 Å². The maximum atomic E-state index is 14.9. The van der Waals surface area contributed by atoms with E-state index < -0.39 is 16.7 Å². The molecule has 0 radical (unpaired) electrons. The van der Waals surface area contributed by atoms with E-state index in [9.17, 15) is 9.18 Å². The third-order valence-corrected chi connectivity index (χ3v) is 3.79. The van der Waals surface area contributed by atoms with E-state index >= 15 is 0 Å². The molecule has 98 valence electrons. The zero-order chi connectivity index (χ0) is 12.7. The molecule has 3 nitrogen and oxygen atoms in total. The van der Waals surface area contributed by atoms with Crippen LogP contribution in [-0.2, 0) is 9.53 Å². The molecule has 0 bridgehead atoms. The summed E-state index contributed by atoms with van der Waals surface area (Å²) in [4.78, 5) is 12.2. The summed E-state index contributed by atoms with van der Waals surface area (Å²) in [6.45, 7) is 6.79. The summed E-state index contributed by atoms with van der Waals surface area (Å²) < 4.78 is 20.3. The van der Waals surface area contributed by atoms with Gasteiger partial charge in [-0.3, -0.25) is 4.79 Å². The number of carbonyl (C=O) groups is 1. The molecule has 1 N–H and O–H groups in total. The highest BCUT2D eigenvalue weighted by molar-refractivity contribution is 5.82. The lowest BCUT2D eigenvalue weighted by Gasteiger charge is -2.37. The largest absolute Gasteiger partial charge is 0.459 e. The van der Waals surface area contributed by atoms with Crippen LogP contribution in [0.1, 0.15) is 46.5 Å². The molecule has 4 heteroatoms. The summed E-state index contributed by atoms with van der Waals surface area (Å²) in [5, 5.41) is 3.13. The molecule has 1 heterocycles. The monoisotopic (exact) mass is 243 g/mol. The smallest absolute Gasteiger partial charge is 0.315 e. The van der Waals surface area contributed by atoms with Crippen molar-refractivity contribution in [1.29, 1.82) is 0 Å². The fourth-order valence-electron chi connectivity index (χ4n) is 2.64. The third kappa shape index (κ3) is 2.32. The van der Waals surface area contributed by atoms with Crippen molar-refractivity contribution in [2.45, 2.75) is 57.7 Å². The van der Waals surface area contributed by atoms with E-state index in [1.54, 1.807) is 0 Å². The summed E-state index contributed by atoms with van der Waals surface area (Å²) >= 11 is 0. The molecular weight excluding hydrogens is 221 g/mol. The summed E-state index contributed by atoms with van der Waals surface area (Å²) in [7, 11) is 0. The molecule has 0 aromatic rings. The Labute approximate surface area is 102 Å². The maximum Gasteiger partial charge on any atom is 0.315 e. The van der Waals surface area contributed by atoms with E-state index in [-0.39, 0.29) is 5.97 Å². The molecule has 2 aliphatic rings. The van der Waals surface area contributed by atoms with Gasteiger partial charge < -0.3 is 10.1 Å². The molecule has 2 fully saturated rings. The molecule has 0 spiro atoms. The zero-order valence-electron chi connectivity index (χ0n) is 10.9. The number of alkyl halides is 1. The first-order valence-corrected chi connectivity index (χ1v) is 6.42. The molecule has 2 rings (SSSR count). The Kier molecular flexibility index (Phi) is 2.97. The van der Waals surface area contributed by atoms with E-state index in [1.807, 2.05) is 20.8 Å². The fraction of sp³-hybridized carbons (Fsp3) is 0.923. The average molecular weight is 243 g/mol. The maximum absolute atomic E-state index is 14.9. The lowest BCUT2D eigenvalue weighted by Crippen LogP contribution is -2.49. The van der Waals surface area contributed by atoms with Crippen LogP contribution in [0.25, 0.3) is 0 Å². The first-order valence-electron chi connectivity index (χ1n) is 6.42. The van der Waals surface area contributed by atoms with Gasteiger partial charge in [-0.2, -0.15) is 0 Å². The van der Waals surface area contributed by atoms with Gasteiger partial charge in [0.2, 0.25) is 0 Å². The normalized spacial score (nSPS) is 26.4. The predicted octanol–water partition coefficient (Wildman–Crippen LogP) is 2.20. The van der Waals surface area contributed by atoms with E-state index in [0.717, 1.165) is 0 Å². The first kappa shape index (κ1) is 12.8. The van der Waals surface area contributed by atoms with Crippen LogP contribution in [0.3, 0.4) is 0 Å². The summed E-state index contributed by atoms with van der Waals surface area (Å²) in [5.74, 6) is -0.339. The molecule has 1 aliphatic heterocycles. The SMILES string of the molecule is CC(C)(C)OC(=O)C1(C2(F)CCNCC2)CC1.